The molecule has 0 radical (unpaired) electrons. The number of nitrogens with zero attached hydrogens (tertiary/aromatic N) is 2. The average molecular weight is 309 g/mol. The van der Waals surface area contributed by atoms with E-state index in [0.29, 0.717) is 11.5 Å². The van der Waals surface area contributed by atoms with Crippen LogP contribution in [-0.4, -0.2) is 28.8 Å². The minimum atomic E-state index is -0.701. The van der Waals surface area contributed by atoms with E-state index in [0.717, 1.165) is 16.9 Å². The van der Waals surface area contributed by atoms with E-state index in [-0.39, 0.29) is 16.1 Å². The molecule has 0 aliphatic carbocycles. The summed E-state index contributed by atoms with van der Waals surface area (Å²) in [6.07, 6.45) is 3.52. The fraction of sp³-hybridized carbons (Fsp3) is 0.250. The number of methoxy groups -OCH3 is 1. The van der Waals surface area contributed by atoms with Crippen LogP contribution in [-0.2, 0) is 18.3 Å². The molecule has 0 bridgehead atoms. The Morgan fingerprint density at radius 2 is 2.24 bits per heavy atom. The van der Waals surface area contributed by atoms with Gasteiger partial charge in [0.05, 0.1) is 24.6 Å². The molecule has 0 spiro atoms. The van der Waals surface area contributed by atoms with E-state index in [4.69, 9.17) is 11.5 Å². The highest BCUT2D eigenvalue weighted by atomic mass is 32.1. The van der Waals surface area contributed by atoms with Gasteiger partial charge in [0.1, 0.15) is 9.88 Å². The highest BCUT2D eigenvalue weighted by Gasteiger charge is 2.24. The minimum Gasteiger partial charge on any atom is -0.465 e. The lowest BCUT2D eigenvalue weighted by molar-refractivity contribution is 0.0607. The molecule has 2 aromatic rings. The summed E-state index contributed by atoms with van der Waals surface area (Å²) in [6, 6.07) is 0. The molecule has 0 saturated carbocycles. The van der Waals surface area contributed by atoms with Crippen molar-refractivity contribution in [2.75, 3.05) is 18.2 Å². The largest absolute Gasteiger partial charge is 0.465 e. The fourth-order valence-corrected chi connectivity index (χ4v) is 2.84. The average Bonchev–Trinajstić information content (AvgIpc) is 2.99. The van der Waals surface area contributed by atoms with E-state index >= 15 is 0 Å². The second-order valence-corrected chi connectivity index (χ2v) is 5.30. The molecule has 21 heavy (non-hydrogen) atoms. The second-order valence-electron chi connectivity index (χ2n) is 4.28. The number of carbonyl (C=O) groups is 2. The van der Waals surface area contributed by atoms with Crippen molar-refractivity contribution in [3.8, 4) is 0 Å². The lowest BCUT2D eigenvalue weighted by atomic mass is 10.2. The Kier molecular flexibility index (Phi) is 4.13. The quantitative estimate of drug-likeness (QED) is 0.693. The van der Waals surface area contributed by atoms with Gasteiger partial charge in [-0.2, -0.15) is 5.10 Å². The third-order valence-corrected chi connectivity index (χ3v) is 3.92. The molecule has 0 saturated heterocycles. The monoisotopic (exact) mass is 309 g/mol. The number of nitrogen functional groups attached to an aromatic ring is 1. The molecule has 112 valence electrons. The summed E-state index contributed by atoms with van der Waals surface area (Å²) < 4.78 is 6.29. The summed E-state index contributed by atoms with van der Waals surface area (Å²) in [5, 5.41) is 7.52. The number of hydrogen-bond acceptors (Lipinski definition) is 7. The van der Waals surface area contributed by atoms with Gasteiger partial charge in [0, 0.05) is 25.4 Å². The van der Waals surface area contributed by atoms with Crippen molar-refractivity contribution in [2.24, 2.45) is 12.8 Å². The Hall–Kier alpha value is -2.55. The highest BCUT2D eigenvalue weighted by molar-refractivity contribution is 7.19. The van der Waals surface area contributed by atoms with E-state index in [1.165, 1.54) is 7.11 Å². The van der Waals surface area contributed by atoms with Crippen LogP contribution in [0.4, 0.5) is 10.7 Å². The number of nitrogens with two attached hydrogens (primary N) is 2. The van der Waals surface area contributed by atoms with Crippen molar-refractivity contribution >= 4 is 33.9 Å². The standard InChI is InChI=1S/C12H15N5O3S/c1-17-5-6(4-16-17)3-15-11-7(10(14)18)8(13)9(21-11)12(19)20-2/h4-5,15H,3,13H2,1-2H3,(H2,14,18). The van der Waals surface area contributed by atoms with Crippen molar-refractivity contribution in [3.63, 3.8) is 0 Å². The van der Waals surface area contributed by atoms with Crippen LogP contribution in [0.2, 0.25) is 0 Å². The molecule has 1 amide bonds. The predicted octanol–water partition coefficient (Wildman–Crippen LogP) is 0.561. The lowest BCUT2D eigenvalue weighted by Gasteiger charge is -2.04. The van der Waals surface area contributed by atoms with Crippen molar-refractivity contribution in [1.82, 2.24) is 9.78 Å². The van der Waals surface area contributed by atoms with Crippen LogP contribution in [0.15, 0.2) is 12.4 Å². The molecule has 0 aliphatic rings. The Morgan fingerprint density at radius 3 is 2.76 bits per heavy atom. The van der Waals surface area contributed by atoms with Gasteiger partial charge < -0.3 is 21.5 Å². The van der Waals surface area contributed by atoms with E-state index in [1.54, 1.807) is 17.9 Å². The fourth-order valence-electron chi connectivity index (χ4n) is 1.80. The highest BCUT2D eigenvalue weighted by Crippen LogP contribution is 2.36. The first kappa shape index (κ1) is 14.9. The van der Waals surface area contributed by atoms with Crippen LogP contribution in [0, 0.1) is 0 Å². The summed E-state index contributed by atoms with van der Waals surface area (Å²) in [4.78, 5) is 23.3. The van der Waals surface area contributed by atoms with E-state index in [2.05, 4.69) is 15.2 Å². The molecular formula is C12H15N5O3S. The van der Waals surface area contributed by atoms with Gasteiger partial charge in [0.2, 0.25) is 0 Å². The topological polar surface area (TPSA) is 125 Å². The van der Waals surface area contributed by atoms with Crippen molar-refractivity contribution in [1.29, 1.82) is 0 Å². The zero-order valence-electron chi connectivity index (χ0n) is 11.5. The lowest BCUT2D eigenvalue weighted by Crippen LogP contribution is -2.15. The Morgan fingerprint density at radius 1 is 1.52 bits per heavy atom. The molecule has 0 unspecified atom stereocenters. The number of ether oxygens (including phenoxy) is 1. The number of amides is 1. The van der Waals surface area contributed by atoms with Crippen LogP contribution < -0.4 is 16.8 Å². The summed E-state index contributed by atoms with van der Waals surface area (Å²) in [5.41, 5.74) is 12.2. The molecule has 5 N–H and O–H groups in total. The first-order chi connectivity index (χ1) is 9.93. The second kappa shape index (κ2) is 5.83. The number of thiophene rings is 1. The Labute approximate surface area is 124 Å². The molecule has 0 atom stereocenters. The maximum absolute atomic E-state index is 11.6. The van der Waals surface area contributed by atoms with Crippen molar-refractivity contribution < 1.29 is 14.3 Å². The summed E-state index contributed by atoms with van der Waals surface area (Å²) in [5.74, 6) is -1.30. The van der Waals surface area contributed by atoms with Crippen molar-refractivity contribution in [2.45, 2.75) is 6.54 Å². The first-order valence-electron chi connectivity index (χ1n) is 5.95. The molecule has 9 heteroatoms. The number of hydrogen-bond donors (Lipinski definition) is 3. The number of aryl methyl sites for hydroxylation is 1. The Balaban J connectivity index is 2.29. The summed E-state index contributed by atoms with van der Waals surface area (Å²) >= 11 is 1.03. The van der Waals surface area contributed by atoms with Crippen LogP contribution in [0.25, 0.3) is 0 Å². The number of esters is 1. The molecule has 8 nitrogen and oxygen atoms in total. The Bertz CT molecular complexity index is 691. The van der Waals surface area contributed by atoms with E-state index in [9.17, 15) is 9.59 Å². The maximum atomic E-state index is 11.6. The van der Waals surface area contributed by atoms with Gasteiger partial charge in [-0.15, -0.1) is 11.3 Å². The molecule has 2 rings (SSSR count). The summed E-state index contributed by atoms with van der Waals surface area (Å²) in [7, 11) is 3.05. The first-order valence-corrected chi connectivity index (χ1v) is 6.77. The maximum Gasteiger partial charge on any atom is 0.350 e. The minimum absolute atomic E-state index is 0.0352. The van der Waals surface area contributed by atoms with Gasteiger partial charge in [-0.05, 0) is 0 Å². The third-order valence-electron chi connectivity index (χ3n) is 2.77. The van der Waals surface area contributed by atoms with Crippen LogP contribution >= 0.6 is 11.3 Å². The third kappa shape index (κ3) is 2.97. The van der Waals surface area contributed by atoms with Gasteiger partial charge >= 0.3 is 5.97 Å². The smallest absolute Gasteiger partial charge is 0.350 e. The van der Waals surface area contributed by atoms with Crippen LogP contribution in [0.1, 0.15) is 25.6 Å². The predicted molar refractivity (Wildman–Crippen MR) is 79.1 cm³/mol. The van der Waals surface area contributed by atoms with Crippen LogP contribution in [0.3, 0.4) is 0 Å². The van der Waals surface area contributed by atoms with Gasteiger partial charge in [-0.1, -0.05) is 0 Å². The molecule has 0 fully saturated rings. The van der Waals surface area contributed by atoms with Gasteiger partial charge in [-0.3, -0.25) is 9.48 Å². The molecule has 2 aromatic heterocycles. The number of carbonyl (C=O) groups excluding carboxylic acids is 2. The molecular weight excluding hydrogens is 294 g/mol. The van der Waals surface area contributed by atoms with Gasteiger partial charge in [-0.25, -0.2) is 4.79 Å². The van der Waals surface area contributed by atoms with E-state index < -0.39 is 11.9 Å². The zero-order valence-corrected chi connectivity index (χ0v) is 12.4. The van der Waals surface area contributed by atoms with E-state index in [1.807, 2.05) is 6.20 Å². The summed E-state index contributed by atoms with van der Waals surface area (Å²) in [6.45, 7) is 0.425. The number of nitrogens with one attached hydrogen (secondary N) is 1. The van der Waals surface area contributed by atoms with Crippen molar-refractivity contribution in [3.05, 3.63) is 28.4 Å². The molecule has 0 aliphatic heterocycles. The SMILES string of the molecule is COC(=O)c1sc(NCc2cnn(C)c2)c(C(N)=O)c1N. The van der Waals surface area contributed by atoms with Crippen LogP contribution in [0.5, 0.6) is 0 Å². The van der Waals surface area contributed by atoms with Gasteiger partial charge in [0.15, 0.2) is 0 Å². The molecule has 0 aromatic carbocycles. The number of aromatic nitrogens is 2. The zero-order chi connectivity index (χ0) is 15.6. The normalized spacial score (nSPS) is 10.4. The number of anilines is 2. The van der Waals surface area contributed by atoms with Gasteiger partial charge in [0.25, 0.3) is 5.91 Å². The number of rotatable bonds is 5. The number of primary amides is 1. The molecule has 2 heterocycles.